The van der Waals surface area contributed by atoms with E-state index in [9.17, 15) is 91.3 Å². The largest absolute Gasteiger partial charge is 0.455 e. The first-order valence-corrected chi connectivity index (χ1v) is 20.1. The Bertz CT molecular complexity index is 1480. The minimum Gasteiger partial charge on any atom is -0.455 e. The molecule has 26 atom stereocenters. The summed E-state index contributed by atoms with van der Waals surface area (Å²) in [5, 5.41) is 170. The van der Waals surface area contributed by atoms with Crippen molar-refractivity contribution >= 4 is 11.9 Å². The Morgan fingerprint density at radius 1 is 0.500 bits per heavy atom. The molecule has 29 nitrogen and oxygen atoms in total. The highest BCUT2D eigenvalue weighted by molar-refractivity contribution is 5.74. The van der Waals surface area contributed by atoms with Crippen LogP contribution in [-0.4, -0.2) is 286 Å². The second kappa shape index (κ2) is 22.8. The number of carbonyl (C=O) groups excluding carboxylic acids is 2. The molecule has 5 saturated heterocycles. The van der Waals surface area contributed by atoms with Gasteiger partial charge in [0.05, 0.1) is 33.0 Å². The van der Waals surface area contributed by atoms with Gasteiger partial charge in [0.1, 0.15) is 122 Å². The molecule has 0 saturated carbocycles. The number of amides is 1. The highest BCUT2D eigenvalue weighted by Crippen LogP contribution is 2.35. The predicted octanol–water partition coefficient (Wildman–Crippen LogP) is -11.8. The van der Waals surface area contributed by atoms with Crippen molar-refractivity contribution in [3.63, 3.8) is 0 Å². The summed E-state index contributed by atoms with van der Waals surface area (Å²) >= 11 is 0. The summed E-state index contributed by atoms with van der Waals surface area (Å²) in [5.41, 5.74) is 0. The normalized spacial score (nSPS) is 48.3. The van der Waals surface area contributed by atoms with Crippen molar-refractivity contribution in [2.24, 2.45) is 0 Å². The average Bonchev–Trinajstić information content (AvgIpc) is 3.26. The van der Waals surface area contributed by atoms with Crippen LogP contribution in [0.2, 0.25) is 0 Å². The van der Waals surface area contributed by atoms with Crippen LogP contribution < -0.4 is 5.32 Å². The first kappa shape index (κ1) is 52.9. The molecule has 372 valence electrons. The van der Waals surface area contributed by atoms with Crippen molar-refractivity contribution in [1.29, 1.82) is 0 Å². The van der Waals surface area contributed by atoms with Crippen LogP contribution in [0.5, 0.6) is 0 Å². The van der Waals surface area contributed by atoms with Crippen molar-refractivity contribution in [2.45, 2.75) is 173 Å². The van der Waals surface area contributed by atoms with Crippen LogP contribution in [0.25, 0.3) is 0 Å². The third-order valence-corrected chi connectivity index (χ3v) is 11.3. The summed E-state index contributed by atoms with van der Waals surface area (Å²) in [7, 11) is 0. The zero-order valence-corrected chi connectivity index (χ0v) is 34.1. The summed E-state index contributed by atoms with van der Waals surface area (Å²) in [4.78, 5) is 24.8. The van der Waals surface area contributed by atoms with Crippen LogP contribution in [0.1, 0.15) is 13.8 Å². The fourth-order valence-corrected chi connectivity index (χ4v) is 7.68. The zero-order valence-electron chi connectivity index (χ0n) is 34.1. The number of rotatable bonds is 16. The summed E-state index contributed by atoms with van der Waals surface area (Å²) in [6, 6.07) is -1.77. The summed E-state index contributed by atoms with van der Waals surface area (Å²) < 4.78 is 55.6. The molecule has 64 heavy (non-hydrogen) atoms. The van der Waals surface area contributed by atoms with Crippen molar-refractivity contribution < 1.29 is 139 Å². The molecule has 5 rings (SSSR count). The summed E-state index contributed by atoms with van der Waals surface area (Å²) in [5.74, 6) is -2.17. The molecule has 1 amide bonds. The highest BCUT2D eigenvalue weighted by Gasteiger charge is 2.56. The van der Waals surface area contributed by atoms with E-state index in [0.717, 1.165) is 13.8 Å². The molecule has 29 heteroatoms. The number of esters is 1. The minimum absolute atomic E-state index is 0.842. The quantitative estimate of drug-likeness (QED) is 0.0639. The third-order valence-electron chi connectivity index (χ3n) is 11.3. The topological polar surface area (TPSA) is 462 Å². The maximum absolute atomic E-state index is 12.5. The number of hydrogen-bond acceptors (Lipinski definition) is 28. The number of aliphatic hydroxyl groups is 16. The number of nitrogens with one attached hydrogen (secondary N) is 1. The van der Waals surface area contributed by atoms with Gasteiger partial charge in [-0.05, 0) is 6.92 Å². The third kappa shape index (κ3) is 11.4. The lowest BCUT2D eigenvalue weighted by molar-refractivity contribution is -0.377. The maximum atomic E-state index is 12.5. The molecule has 5 heterocycles. The Labute approximate surface area is 362 Å². The average molecular weight is 942 g/mol. The molecule has 0 unspecified atom stereocenters. The van der Waals surface area contributed by atoms with Gasteiger partial charge in [0, 0.05) is 6.92 Å². The van der Waals surface area contributed by atoms with Crippen LogP contribution in [-0.2, 0) is 57.0 Å². The van der Waals surface area contributed by atoms with Gasteiger partial charge >= 0.3 is 5.97 Å². The van der Waals surface area contributed by atoms with E-state index >= 15 is 0 Å². The molecule has 5 fully saturated rings. The van der Waals surface area contributed by atoms with Gasteiger partial charge in [0.25, 0.3) is 0 Å². The molecule has 0 radical (unpaired) electrons. The van der Waals surface area contributed by atoms with E-state index in [1.165, 1.54) is 0 Å². The standard InChI is InChI=1S/C35H59NO28/c1-8(41)30(53)61-29-18(45)12(5-39)58-35(25(29)52)63-27-14(60-32(15(19(27)46)36-9(2)42)64-28-17(44)11(4-38)56-31(54)24(28)51)7-55-33-23(50)21(48)26(13(6-40)59-33)62-34-22(49)20(47)16(43)10(3-37)57-34/h8,10-29,31-35,37-41,43-52,54H,3-7H2,1-2H3,(H,36,42)/t8-,10+,11+,12+,13+,14+,15+,16-,17-,18-,19+,20-,21+,22+,23+,24+,25+,26+,27+,28-,29-,31+,32-,33+,34-,35-/m0/s1. The van der Waals surface area contributed by atoms with Crippen LogP contribution in [0.3, 0.4) is 0 Å². The monoisotopic (exact) mass is 941 g/mol. The summed E-state index contributed by atoms with van der Waals surface area (Å²) in [6.07, 6.45) is -47.2. The molecule has 0 aromatic rings. The fourth-order valence-electron chi connectivity index (χ4n) is 7.68. The maximum Gasteiger partial charge on any atom is 0.335 e. The molecule has 0 aromatic heterocycles. The van der Waals surface area contributed by atoms with Crippen molar-refractivity contribution in [1.82, 2.24) is 5.32 Å². The lowest BCUT2D eigenvalue weighted by atomic mass is 9.94. The van der Waals surface area contributed by atoms with Crippen LogP contribution in [0.15, 0.2) is 0 Å². The smallest absolute Gasteiger partial charge is 0.335 e. The number of hydrogen-bond donors (Lipinski definition) is 17. The van der Waals surface area contributed by atoms with Crippen molar-refractivity contribution in [2.75, 3.05) is 33.0 Å². The lowest BCUT2D eigenvalue weighted by Gasteiger charge is -2.49. The SMILES string of the molecule is CC(=O)N[C@H]1[C@H](O[C@@H]2[C@@H](O)[C@H](O)O[C@H](CO)[C@@H]2O)O[C@H](CO[C@@H]2O[C@H](CO)[C@@H](O[C@@H]3O[C@H](CO)[C@H](O)[C@H](O)[C@H]3O)[C@H](O)[C@H]2O)[C@@H](O[C@@H]2O[C@H](CO)[C@H](O)[C@H](OC(=O)[C@H](C)O)[C@H]2O)[C@@H]1O. The first-order valence-electron chi connectivity index (χ1n) is 20.1. The van der Waals surface area contributed by atoms with E-state index in [4.69, 9.17) is 47.4 Å². The predicted molar refractivity (Wildman–Crippen MR) is 194 cm³/mol. The van der Waals surface area contributed by atoms with Crippen LogP contribution in [0, 0.1) is 0 Å². The highest BCUT2D eigenvalue weighted by atomic mass is 16.8. The van der Waals surface area contributed by atoms with Crippen LogP contribution in [0.4, 0.5) is 0 Å². The Balaban J connectivity index is 1.43. The van der Waals surface area contributed by atoms with Crippen molar-refractivity contribution in [3.05, 3.63) is 0 Å². The fraction of sp³-hybridized carbons (Fsp3) is 0.943. The van der Waals surface area contributed by atoms with Gasteiger partial charge in [-0.15, -0.1) is 0 Å². The van der Waals surface area contributed by atoms with Gasteiger partial charge in [-0.25, -0.2) is 4.79 Å². The van der Waals surface area contributed by atoms with Gasteiger partial charge in [0.2, 0.25) is 5.91 Å². The molecule has 0 aromatic carbocycles. The molecule has 0 spiro atoms. The second-order valence-electron chi connectivity index (χ2n) is 15.8. The lowest BCUT2D eigenvalue weighted by Crippen LogP contribution is -2.70. The van der Waals surface area contributed by atoms with Gasteiger partial charge < -0.3 is 134 Å². The number of ether oxygens (including phenoxy) is 10. The molecule has 0 bridgehead atoms. The Kier molecular flexibility index (Phi) is 18.9. The van der Waals surface area contributed by atoms with Gasteiger partial charge in [-0.2, -0.15) is 0 Å². The van der Waals surface area contributed by atoms with E-state index < -0.39 is 204 Å². The van der Waals surface area contributed by atoms with E-state index in [1.54, 1.807) is 0 Å². The molecule has 17 N–H and O–H groups in total. The molecule has 0 aliphatic carbocycles. The Morgan fingerprint density at radius 2 is 0.969 bits per heavy atom. The first-order chi connectivity index (χ1) is 30.2. The summed E-state index contributed by atoms with van der Waals surface area (Å²) in [6.45, 7) is -2.60. The van der Waals surface area contributed by atoms with Crippen LogP contribution >= 0.6 is 0 Å². The molecule has 5 aliphatic heterocycles. The van der Waals surface area contributed by atoms with Crippen molar-refractivity contribution in [3.8, 4) is 0 Å². The van der Waals surface area contributed by atoms with Gasteiger partial charge in [0.15, 0.2) is 37.6 Å². The Morgan fingerprint density at radius 3 is 1.53 bits per heavy atom. The minimum atomic E-state index is -2.16. The Hall–Kier alpha value is -2.06. The number of carbonyl (C=O) groups is 2. The molecule has 5 aliphatic rings. The van der Waals surface area contributed by atoms with Gasteiger partial charge in [-0.1, -0.05) is 0 Å². The van der Waals surface area contributed by atoms with E-state index in [2.05, 4.69) is 5.32 Å². The second-order valence-corrected chi connectivity index (χ2v) is 15.8. The molecular weight excluding hydrogens is 882 g/mol. The molecular formula is C35H59NO28. The van der Waals surface area contributed by atoms with E-state index in [1.807, 2.05) is 0 Å². The van der Waals surface area contributed by atoms with E-state index in [-0.39, 0.29) is 0 Å². The van der Waals surface area contributed by atoms with E-state index in [0.29, 0.717) is 0 Å². The number of aliphatic hydroxyl groups excluding tert-OH is 16. The zero-order chi connectivity index (χ0) is 47.5. The van der Waals surface area contributed by atoms with Gasteiger partial charge in [-0.3, -0.25) is 4.79 Å².